The maximum absolute atomic E-state index is 9.86. The van der Waals surface area contributed by atoms with Gasteiger partial charge in [0.1, 0.15) is 42.7 Å². The molecule has 0 bridgehead atoms. The topological polar surface area (TPSA) is 215 Å². The second-order valence-corrected chi connectivity index (χ2v) is 8.64. The van der Waals surface area contributed by atoms with Crippen LogP contribution in [-0.2, 0) is 37.9 Å². The zero-order valence-corrected chi connectivity index (χ0v) is 22.3. The molecule has 0 aromatic rings. The smallest absolute Gasteiger partial charge is 0.103 e. The lowest BCUT2D eigenvalue weighted by Crippen LogP contribution is -2.31. The molecule has 0 aliphatic rings. The third kappa shape index (κ3) is 23.3. The minimum absolute atomic E-state index is 0.0160. The van der Waals surface area contributed by atoms with E-state index in [0.717, 1.165) is 0 Å². The van der Waals surface area contributed by atoms with E-state index in [0.29, 0.717) is 0 Å². The summed E-state index contributed by atoms with van der Waals surface area (Å²) in [6, 6.07) is 0. The summed E-state index contributed by atoms with van der Waals surface area (Å²) in [5.41, 5.74) is 0. The van der Waals surface area contributed by atoms with Crippen molar-refractivity contribution in [3.63, 3.8) is 0 Å². The molecular formula is C23H48O15. The lowest BCUT2D eigenvalue weighted by molar-refractivity contribution is -0.0874. The highest BCUT2D eigenvalue weighted by molar-refractivity contribution is 4.60. The van der Waals surface area contributed by atoms with E-state index >= 15 is 0 Å². The quantitative estimate of drug-likeness (QED) is 0.0481. The highest BCUT2D eigenvalue weighted by Gasteiger charge is 2.14. The molecule has 0 spiro atoms. The predicted molar refractivity (Wildman–Crippen MR) is 131 cm³/mol. The minimum Gasteiger partial charge on any atom is -0.394 e. The average Bonchev–Trinajstić information content (AvgIpc) is 2.87. The molecule has 0 radical (unpaired) electrons. The SMILES string of the molecule is COCC(O)COCC(O)COCC(O)COCC(O)COCC(O)COCC(O)COCC(CO)OC. The lowest BCUT2D eigenvalue weighted by atomic mass is 10.3. The molecule has 0 aliphatic carbocycles. The van der Waals surface area contributed by atoms with E-state index in [-0.39, 0.29) is 92.5 Å². The maximum atomic E-state index is 9.86. The average molecular weight is 565 g/mol. The zero-order chi connectivity index (χ0) is 28.6. The molecule has 0 aromatic heterocycles. The first-order valence-corrected chi connectivity index (χ1v) is 12.4. The third-order valence-electron chi connectivity index (χ3n) is 4.61. The highest BCUT2D eigenvalue weighted by atomic mass is 16.6. The van der Waals surface area contributed by atoms with Crippen LogP contribution in [0.1, 0.15) is 0 Å². The van der Waals surface area contributed by atoms with E-state index in [1.165, 1.54) is 14.2 Å². The fourth-order valence-corrected chi connectivity index (χ4v) is 2.71. The van der Waals surface area contributed by atoms with Gasteiger partial charge in [0.2, 0.25) is 0 Å². The van der Waals surface area contributed by atoms with E-state index in [4.69, 9.17) is 43.0 Å². The van der Waals surface area contributed by atoms with Crippen molar-refractivity contribution in [2.75, 3.05) is 107 Å². The van der Waals surface area contributed by atoms with Crippen LogP contribution in [0.25, 0.3) is 0 Å². The van der Waals surface area contributed by atoms with Gasteiger partial charge in [0.25, 0.3) is 0 Å². The summed E-state index contributed by atoms with van der Waals surface area (Å²) in [4.78, 5) is 0. The van der Waals surface area contributed by atoms with Gasteiger partial charge in [0, 0.05) is 14.2 Å². The molecule has 15 heteroatoms. The van der Waals surface area contributed by atoms with E-state index in [2.05, 4.69) is 0 Å². The third-order valence-corrected chi connectivity index (χ3v) is 4.61. The molecule has 7 atom stereocenters. The van der Waals surface area contributed by atoms with Crippen LogP contribution in [0.15, 0.2) is 0 Å². The van der Waals surface area contributed by atoms with Crippen LogP contribution in [0.3, 0.4) is 0 Å². The Bertz CT molecular complexity index is 499. The van der Waals surface area contributed by atoms with E-state index in [9.17, 15) is 30.6 Å². The Kier molecular flexibility index (Phi) is 25.0. The first-order valence-electron chi connectivity index (χ1n) is 12.4. The largest absolute Gasteiger partial charge is 0.394 e. The molecule has 0 saturated carbocycles. The predicted octanol–water partition coefficient (Wildman–Crippen LogP) is -4.09. The monoisotopic (exact) mass is 564 g/mol. The first kappa shape index (κ1) is 37.4. The van der Waals surface area contributed by atoms with E-state index in [1.807, 2.05) is 0 Å². The van der Waals surface area contributed by atoms with Crippen molar-refractivity contribution in [3.8, 4) is 0 Å². The van der Waals surface area contributed by atoms with Gasteiger partial charge in [0.05, 0.1) is 92.5 Å². The van der Waals surface area contributed by atoms with Gasteiger partial charge in [-0.25, -0.2) is 0 Å². The fraction of sp³-hybridized carbons (Fsp3) is 1.00. The van der Waals surface area contributed by atoms with Crippen molar-refractivity contribution in [2.24, 2.45) is 0 Å². The van der Waals surface area contributed by atoms with Crippen LogP contribution in [-0.4, -0.2) is 185 Å². The Morgan fingerprint density at radius 3 is 0.842 bits per heavy atom. The van der Waals surface area contributed by atoms with Crippen molar-refractivity contribution in [1.29, 1.82) is 0 Å². The Labute approximate surface area is 223 Å². The Morgan fingerprint density at radius 2 is 0.632 bits per heavy atom. The number of ether oxygens (including phenoxy) is 8. The standard InChI is InChI=1S/C23H48O15/c1-31-4-17(25)5-33-6-18(26)7-34-8-19(27)9-35-10-20(28)11-36-12-21(29)13-37-14-22(30)15-38-16-23(3-24)32-2/h17-30H,3-16H2,1-2H3. The van der Waals surface area contributed by atoms with Gasteiger partial charge in [0.15, 0.2) is 0 Å². The van der Waals surface area contributed by atoms with Crippen LogP contribution in [0.5, 0.6) is 0 Å². The van der Waals surface area contributed by atoms with Gasteiger partial charge in [-0.3, -0.25) is 0 Å². The van der Waals surface area contributed by atoms with Crippen LogP contribution in [0.2, 0.25) is 0 Å². The van der Waals surface area contributed by atoms with Crippen molar-refractivity contribution < 1.29 is 73.6 Å². The molecule has 0 rings (SSSR count). The lowest BCUT2D eigenvalue weighted by Gasteiger charge is -2.18. The van der Waals surface area contributed by atoms with E-state index in [1.54, 1.807) is 0 Å². The van der Waals surface area contributed by atoms with Gasteiger partial charge in [-0.05, 0) is 0 Å². The molecule has 0 aliphatic heterocycles. The number of rotatable bonds is 28. The Morgan fingerprint density at radius 1 is 0.395 bits per heavy atom. The summed E-state index contributed by atoms with van der Waals surface area (Å²) in [5.74, 6) is 0. The minimum atomic E-state index is -0.988. The highest BCUT2D eigenvalue weighted by Crippen LogP contribution is 1.98. The second kappa shape index (κ2) is 25.4. The van der Waals surface area contributed by atoms with Gasteiger partial charge in [-0.2, -0.15) is 0 Å². The first-order chi connectivity index (χ1) is 18.2. The molecule has 0 saturated heterocycles. The van der Waals surface area contributed by atoms with Gasteiger partial charge in [-0.15, -0.1) is 0 Å². The van der Waals surface area contributed by atoms with Crippen molar-refractivity contribution in [1.82, 2.24) is 0 Å². The van der Waals surface area contributed by atoms with Crippen LogP contribution in [0.4, 0.5) is 0 Å². The molecular weight excluding hydrogens is 516 g/mol. The Balaban J connectivity index is 3.67. The summed E-state index contributed by atoms with van der Waals surface area (Å²) < 4.78 is 40.8. The Hall–Kier alpha value is -0.600. The molecule has 38 heavy (non-hydrogen) atoms. The summed E-state index contributed by atoms with van der Waals surface area (Å²) in [5, 5.41) is 67.4. The van der Waals surface area contributed by atoms with Crippen LogP contribution in [0, 0.1) is 0 Å². The van der Waals surface area contributed by atoms with Gasteiger partial charge < -0.3 is 73.6 Å². The summed E-state index contributed by atoms with van der Waals surface area (Å²) >= 11 is 0. The van der Waals surface area contributed by atoms with Crippen molar-refractivity contribution in [2.45, 2.75) is 42.7 Å². The molecule has 7 unspecified atom stereocenters. The number of aliphatic hydroxyl groups excluding tert-OH is 7. The number of hydrogen-bond acceptors (Lipinski definition) is 15. The van der Waals surface area contributed by atoms with Gasteiger partial charge in [-0.1, -0.05) is 0 Å². The van der Waals surface area contributed by atoms with Gasteiger partial charge >= 0.3 is 0 Å². The molecule has 15 nitrogen and oxygen atoms in total. The second-order valence-electron chi connectivity index (χ2n) is 8.64. The van der Waals surface area contributed by atoms with Crippen LogP contribution >= 0.6 is 0 Å². The number of methoxy groups -OCH3 is 2. The molecule has 0 amide bonds. The van der Waals surface area contributed by atoms with Crippen molar-refractivity contribution >= 4 is 0 Å². The molecule has 0 fully saturated rings. The van der Waals surface area contributed by atoms with Crippen molar-refractivity contribution in [3.05, 3.63) is 0 Å². The number of hydrogen-bond donors (Lipinski definition) is 7. The maximum Gasteiger partial charge on any atom is 0.103 e. The summed E-state index contributed by atoms with van der Waals surface area (Å²) in [6.07, 6.45) is -6.02. The normalized spacial score (nSPS) is 17.6. The van der Waals surface area contributed by atoms with Crippen LogP contribution < -0.4 is 0 Å². The molecule has 0 aromatic carbocycles. The van der Waals surface area contributed by atoms with E-state index < -0.39 is 42.7 Å². The number of aliphatic hydroxyl groups is 7. The summed E-state index contributed by atoms with van der Waals surface area (Å²) in [7, 11) is 2.89. The summed E-state index contributed by atoms with van der Waals surface area (Å²) in [6.45, 7) is -0.761. The molecule has 230 valence electrons. The zero-order valence-electron chi connectivity index (χ0n) is 22.3. The molecule has 7 N–H and O–H groups in total. The fourth-order valence-electron chi connectivity index (χ4n) is 2.71. The molecule has 0 heterocycles.